The van der Waals surface area contributed by atoms with Crippen LogP contribution in [-0.2, 0) is 6.42 Å². The molecular weight excluding hydrogens is 256 g/mol. The van der Waals surface area contributed by atoms with Crippen molar-refractivity contribution in [2.24, 2.45) is 0 Å². The number of nitrogens with zero attached hydrogens (tertiary/aromatic N) is 1. The maximum Gasteiger partial charge on any atom is 0.0481 e. The smallest absolute Gasteiger partial charge is 0.0481 e. The minimum absolute atomic E-state index is 0.514. The average Bonchev–Trinajstić information content (AvgIpc) is 2.73. The van der Waals surface area contributed by atoms with Crippen LogP contribution in [-0.4, -0.2) is 30.1 Å². The third-order valence-corrected chi connectivity index (χ3v) is 5.44. The Morgan fingerprint density at radius 3 is 2.86 bits per heavy atom. The van der Waals surface area contributed by atoms with Gasteiger partial charge in [0, 0.05) is 18.1 Å². The van der Waals surface area contributed by atoms with Crippen molar-refractivity contribution in [3.63, 3.8) is 0 Å². The molecule has 0 aromatic heterocycles. The highest BCUT2D eigenvalue weighted by atomic mass is 15.2. The second kappa shape index (κ2) is 6.93. The summed E-state index contributed by atoms with van der Waals surface area (Å²) in [5.41, 5.74) is 3.11. The van der Waals surface area contributed by atoms with Gasteiger partial charge in [-0.3, -0.25) is 4.90 Å². The molecule has 3 atom stereocenters. The highest BCUT2D eigenvalue weighted by Crippen LogP contribution is 2.35. The van der Waals surface area contributed by atoms with Crippen LogP contribution in [0.4, 0.5) is 0 Å². The molecule has 1 aliphatic carbocycles. The molecule has 0 bridgehead atoms. The van der Waals surface area contributed by atoms with Crippen molar-refractivity contribution in [1.82, 2.24) is 10.2 Å². The quantitative estimate of drug-likeness (QED) is 0.906. The van der Waals surface area contributed by atoms with Gasteiger partial charge in [-0.05, 0) is 56.8 Å². The zero-order chi connectivity index (χ0) is 14.7. The van der Waals surface area contributed by atoms with Gasteiger partial charge in [-0.15, -0.1) is 0 Å². The Kier molecular flexibility index (Phi) is 4.97. The molecule has 0 radical (unpaired) electrons. The van der Waals surface area contributed by atoms with E-state index >= 15 is 0 Å². The lowest BCUT2D eigenvalue weighted by atomic mass is 9.82. The van der Waals surface area contributed by atoms with Crippen molar-refractivity contribution in [1.29, 1.82) is 0 Å². The zero-order valence-corrected chi connectivity index (χ0v) is 13.6. The number of likely N-dealkylation sites (N-methyl/N-ethyl adjacent to an activating group) is 1. The minimum Gasteiger partial charge on any atom is -0.309 e. The zero-order valence-electron chi connectivity index (χ0n) is 13.6. The monoisotopic (exact) mass is 286 g/mol. The van der Waals surface area contributed by atoms with Crippen molar-refractivity contribution >= 4 is 0 Å². The summed E-state index contributed by atoms with van der Waals surface area (Å²) in [5.74, 6) is 0. The fourth-order valence-corrected chi connectivity index (χ4v) is 4.36. The summed E-state index contributed by atoms with van der Waals surface area (Å²) in [4.78, 5) is 2.82. The van der Waals surface area contributed by atoms with E-state index < -0.39 is 0 Å². The molecule has 1 saturated heterocycles. The third-order valence-electron chi connectivity index (χ3n) is 5.44. The lowest BCUT2D eigenvalue weighted by Crippen LogP contribution is -2.50. The summed E-state index contributed by atoms with van der Waals surface area (Å²) < 4.78 is 0. The summed E-state index contributed by atoms with van der Waals surface area (Å²) in [5, 5.41) is 3.79. The summed E-state index contributed by atoms with van der Waals surface area (Å²) >= 11 is 0. The molecule has 3 rings (SSSR count). The van der Waals surface area contributed by atoms with Crippen LogP contribution in [0.15, 0.2) is 24.3 Å². The number of benzene rings is 1. The van der Waals surface area contributed by atoms with Gasteiger partial charge in [0.2, 0.25) is 0 Å². The van der Waals surface area contributed by atoms with E-state index in [0.29, 0.717) is 12.1 Å². The predicted molar refractivity (Wildman–Crippen MR) is 89.6 cm³/mol. The van der Waals surface area contributed by atoms with Gasteiger partial charge in [-0.1, -0.05) is 44.0 Å². The van der Waals surface area contributed by atoms with Gasteiger partial charge >= 0.3 is 0 Å². The van der Waals surface area contributed by atoms with E-state index in [-0.39, 0.29) is 0 Å². The summed E-state index contributed by atoms with van der Waals surface area (Å²) in [6.45, 7) is 7.02. The Labute approximate surface area is 129 Å². The highest BCUT2D eigenvalue weighted by molar-refractivity contribution is 5.34. The number of likely N-dealkylation sites (tertiary alicyclic amines) is 1. The lowest BCUT2D eigenvalue weighted by Gasteiger charge is -2.43. The largest absolute Gasteiger partial charge is 0.309 e. The molecule has 1 heterocycles. The van der Waals surface area contributed by atoms with E-state index in [0.717, 1.165) is 12.6 Å². The molecule has 1 N–H and O–H groups in total. The number of aryl methyl sites for hydroxylation is 1. The number of rotatable bonds is 3. The molecule has 2 nitrogen and oxygen atoms in total. The highest BCUT2D eigenvalue weighted by Gasteiger charge is 2.35. The average molecular weight is 286 g/mol. The molecule has 1 aliphatic heterocycles. The Morgan fingerprint density at radius 1 is 1.14 bits per heavy atom. The minimum atomic E-state index is 0.514. The molecule has 2 heteroatoms. The number of nitrogens with one attached hydrogen (secondary N) is 1. The summed E-state index contributed by atoms with van der Waals surface area (Å²) in [6.07, 6.45) is 8.12. The van der Waals surface area contributed by atoms with E-state index in [2.05, 4.69) is 48.3 Å². The van der Waals surface area contributed by atoms with Crippen LogP contribution in [0.3, 0.4) is 0 Å². The van der Waals surface area contributed by atoms with E-state index in [1.54, 1.807) is 11.1 Å². The third kappa shape index (κ3) is 3.17. The molecule has 3 unspecified atom stereocenters. The molecule has 1 aromatic rings. The summed E-state index contributed by atoms with van der Waals surface area (Å²) in [6, 6.07) is 11.0. The second-order valence-corrected chi connectivity index (χ2v) is 6.78. The fraction of sp³-hybridized carbons (Fsp3) is 0.684. The van der Waals surface area contributed by atoms with Crippen molar-refractivity contribution in [2.45, 2.75) is 70.5 Å². The SMILES string of the molecule is CCNC1c2ccccc2CCC1N1CCCCCC1C. The van der Waals surface area contributed by atoms with Crippen LogP contribution < -0.4 is 5.32 Å². The Balaban J connectivity index is 1.87. The number of hydrogen-bond acceptors (Lipinski definition) is 2. The summed E-state index contributed by atoms with van der Waals surface area (Å²) in [7, 11) is 0. The van der Waals surface area contributed by atoms with Crippen molar-refractivity contribution < 1.29 is 0 Å². The van der Waals surface area contributed by atoms with Gasteiger partial charge in [0.25, 0.3) is 0 Å². The van der Waals surface area contributed by atoms with Crippen LogP contribution in [0.5, 0.6) is 0 Å². The van der Waals surface area contributed by atoms with Crippen molar-refractivity contribution in [3.05, 3.63) is 35.4 Å². The van der Waals surface area contributed by atoms with Gasteiger partial charge in [0.05, 0.1) is 0 Å². The second-order valence-electron chi connectivity index (χ2n) is 6.78. The van der Waals surface area contributed by atoms with Crippen molar-refractivity contribution in [3.8, 4) is 0 Å². The molecule has 1 aromatic carbocycles. The molecule has 21 heavy (non-hydrogen) atoms. The topological polar surface area (TPSA) is 15.3 Å². The molecule has 2 aliphatic rings. The van der Waals surface area contributed by atoms with Gasteiger partial charge in [-0.2, -0.15) is 0 Å². The van der Waals surface area contributed by atoms with E-state index in [4.69, 9.17) is 0 Å². The van der Waals surface area contributed by atoms with Crippen LogP contribution in [0.1, 0.15) is 63.1 Å². The van der Waals surface area contributed by atoms with Gasteiger partial charge in [-0.25, -0.2) is 0 Å². The van der Waals surface area contributed by atoms with Crippen LogP contribution >= 0.6 is 0 Å². The van der Waals surface area contributed by atoms with E-state index in [1.807, 2.05) is 0 Å². The molecular formula is C19H30N2. The first-order valence-corrected chi connectivity index (χ1v) is 8.88. The lowest BCUT2D eigenvalue weighted by molar-refractivity contribution is 0.102. The fourth-order valence-electron chi connectivity index (χ4n) is 4.36. The first kappa shape index (κ1) is 15.1. The van der Waals surface area contributed by atoms with E-state index in [9.17, 15) is 0 Å². The van der Waals surface area contributed by atoms with Gasteiger partial charge < -0.3 is 5.32 Å². The van der Waals surface area contributed by atoms with Gasteiger partial charge in [0.15, 0.2) is 0 Å². The Morgan fingerprint density at radius 2 is 2.00 bits per heavy atom. The van der Waals surface area contributed by atoms with Gasteiger partial charge in [0.1, 0.15) is 0 Å². The molecule has 0 spiro atoms. The van der Waals surface area contributed by atoms with Crippen LogP contribution in [0.25, 0.3) is 0 Å². The molecule has 0 amide bonds. The van der Waals surface area contributed by atoms with E-state index in [1.165, 1.54) is 45.1 Å². The number of fused-ring (bicyclic) bond motifs is 1. The molecule has 0 saturated carbocycles. The van der Waals surface area contributed by atoms with Crippen molar-refractivity contribution in [2.75, 3.05) is 13.1 Å². The molecule has 1 fully saturated rings. The maximum absolute atomic E-state index is 3.79. The number of hydrogen-bond donors (Lipinski definition) is 1. The van der Waals surface area contributed by atoms with Crippen LogP contribution in [0.2, 0.25) is 0 Å². The maximum atomic E-state index is 3.79. The first-order chi connectivity index (χ1) is 10.3. The normalized spacial score (nSPS) is 30.7. The first-order valence-electron chi connectivity index (χ1n) is 8.88. The Hall–Kier alpha value is -0.860. The predicted octanol–water partition coefficient (Wildman–Crippen LogP) is 3.92. The van der Waals surface area contributed by atoms with Crippen LogP contribution in [0, 0.1) is 0 Å². The Bertz CT molecular complexity index is 457. The standard InChI is InChI=1S/C19H30N2/c1-3-20-19-17-11-7-6-10-16(17)12-13-18(19)21-14-8-4-5-9-15(21)2/h6-7,10-11,15,18-20H,3-5,8-9,12-14H2,1-2H3. The molecule has 116 valence electrons.